The SMILES string of the molecule is C=C(C)COCC(=C)C(=O)Oc1ccc(C(C)(C)C)cc1. The van der Waals surface area contributed by atoms with E-state index >= 15 is 0 Å². The molecular weight excluding hydrogens is 264 g/mol. The maximum absolute atomic E-state index is 11.8. The van der Waals surface area contributed by atoms with Gasteiger partial charge in [0.15, 0.2) is 0 Å². The van der Waals surface area contributed by atoms with Crippen molar-refractivity contribution in [3.63, 3.8) is 0 Å². The van der Waals surface area contributed by atoms with Crippen LogP contribution in [0.15, 0.2) is 48.6 Å². The van der Waals surface area contributed by atoms with E-state index in [2.05, 4.69) is 33.9 Å². The predicted molar refractivity (Wildman–Crippen MR) is 85.6 cm³/mol. The molecule has 3 heteroatoms. The molecule has 1 aromatic carbocycles. The number of benzene rings is 1. The zero-order valence-corrected chi connectivity index (χ0v) is 13.4. The zero-order valence-electron chi connectivity index (χ0n) is 13.4. The molecule has 0 fully saturated rings. The van der Waals surface area contributed by atoms with Gasteiger partial charge in [0.1, 0.15) is 5.75 Å². The summed E-state index contributed by atoms with van der Waals surface area (Å²) >= 11 is 0. The number of rotatable bonds is 6. The van der Waals surface area contributed by atoms with Gasteiger partial charge in [-0.3, -0.25) is 0 Å². The molecule has 0 aliphatic heterocycles. The van der Waals surface area contributed by atoms with Crippen LogP contribution in [-0.4, -0.2) is 19.2 Å². The van der Waals surface area contributed by atoms with Crippen molar-refractivity contribution in [2.45, 2.75) is 33.1 Å². The molecule has 114 valence electrons. The van der Waals surface area contributed by atoms with Crippen LogP contribution in [0.3, 0.4) is 0 Å². The molecule has 0 bridgehead atoms. The first-order valence-electron chi connectivity index (χ1n) is 6.93. The summed E-state index contributed by atoms with van der Waals surface area (Å²) < 4.78 is 10.5. The summed E-state index contributed by atoms with van der Waals surface area (Å²) in [5.41, 5.74) is 2.44. The number of carbonyl (C=O) groups excluding carboxylic acids is 1. The molecule has 0 saturated carbocycles. The Morgan fingerprint density at radius 1 is 1.10 bits per heavy atom. The first-order chi connectivity index (χ1) is 9.70. The van der Waals surface area contributed by atoms with Crippen LogP contribution in [0.1, 0.15) is 33.3 Å². The van der Waals surface area contributed by atoms with E-state index in [0.29, 0.717) is 12.4 Å². The lowest BCUT2D eigenvalue weighted by Gasteiger charge is -2.19. The maximum atomic E-state index is 11.8. The molecule has 0 radical (unpaired) electrons. The second-order valence-electron chi connectivity index (χ2n) is 6.22. The monoisotopic (exact) mass is 288 g/mol. The standard InChI is InChI=1S/C18H24O3/c1-13(2)11-20-12-14(3)17(19)21-16-9-7-15(8-10-16)18(4,5)6/h7-10H,1,3,11-12H2,2,4-6H3. The van der Waals surface area contributed by atoms with Crippen molar-refractivity contribution in [2.75, 3.05) is 13.2 Å². The highest BCUT2D eigenvalue weighted by atomic mass is 16.5. The van der Waals surface area contributed by atoms with Crippen LogP contribution >= 0.6 is 0 Å². The summed E-state index contributed by atoms with van der Waals surface area (Å²) in [5.74, 6) is 0.0364. The summed E-state index contributed by atoms with van der Waals surface area (Å²) in [6, 6.07) is 7.51. The Hall–Kier alpha value is -1.87. The van der Waals surface area contributed by atoms with Crippen LogP contribution in [0, 0.1) is 0 Å². The van der Waals surface area contributed by atoms with E-state index in [9.17, 15) is 4.79 Å². The molecule has 1 aromatic rings. The van der Waals surface area contributed by atoms with Crippen molar-refractivity contribution in [3.8, 4) is 5.75 Å². The Labute approximate surface area is 127 Å². The van der Waals surface area contributed by atoms with E-state index in [1.54, 1.807) is 12.1 Å². The van der Waals surface area contributed by atoms with E-state index in [4.69, 9.17) is 9.47 Å². The molecule has 0 atom stereocenters. The van der Waals surface area contributed by atoms with Gasteiger partial charge in [0.2, 0.25) is 0 Å². The van der Waals surface area contributed by atoms with Gasteiger partial charge in [0.25, 0.3) is 0 Å². The number of hydrogen-bond donors (Lipinski definition) is 0. The van der Waals surface area contributed by atoms with E-state index in [0.717, 1.165) is 5.57 Å². The smallest absolute Gasteiger partial charge is 0.341 e. The van der Waals surface area contributed by atoms with Gasteiger partial charge in [-0.1, -0.05) is 51.6 Å². The summed E-state index contributed by atoms with van der Waals surface area (Å²) in [5, 5.41) is 0. The predicted octanol–water partition coefficient (Wildman–Crippen LogP) is 4.04. The molecule has 0 aliphatic rings. The summed E-state index contributed by atoms with van der Waals surface area (Å²) in [6.07, 6.45) is 0. The highest BCUT2D eigenvalue weighted by molar-refractivity contribution is 5.89. The fourth-order valence-electron chi connectivity index (χ4n) is 1.61. The quantitative estimate of drug-likeness (QED) is 0.343. The van der Waals surface area contributed by atoms with Gasteiger partial charge in [-0.05, 0) is 30.0 Å². The van der Waals surface area contributed by atoms with Gasteiger partial charge in [0.05, 0.1) is 18.8 Å². The van der Waals surface area contributed by atoms with E-state index in [1.165, 1.54) is 5.56 Å². The van der Waals surface area contributed by atoms with Gasteiger partial charge >= 0.3 is 5.97 Å². The van der Waals surface area contributed by atoms with Crippen LogP contribution in [0.2, 0.25) is 0 Å². The Morgan fingerprint density at radius 3 is 2.14 bits per heavy atom. The number of hydrogen-bond acceptors (Lipinski definition) is 3. The average molecular weight is 288 g/mol. The molecule has 1 rings (SSSR count). The molecule has 0 spiro atoms. The topological polar surface area (TPSA) is 35.5 Å². The van der Waals surface area contributed by atoms with Crippen molar-refractivity contribution in [1.29, 1.82) is 0 Å². The van der Waals surface area contributed by atoms with Crippen LogP contribution in [0.5, 0.6) is 5.75 Å². The van der Waals surface area contributed by atoms with Gasteiger partial charge in [0, 0.05) is 0 Å². The first kappa shape index (κ1) is 17.2. The van der Waals surface area contributed by atoms with Gasteiger partial charge in [-0.15, -0.1) is 0 Å². The molecule has 0 unspecified atom stereocenters. The molecule has 0 saturated heterocycles. The minimum atomic E-state index is -0.472. The number of carbonyl (C=O) groups is 1. The largest absolute Gasteiger partial charge is 0.423 e. The van der Waals surface area contributed by atoms with Crippen LogP contribution in [0.25, 0.3) is 0 Å². The van der Waals surface area contributed by atoms with Crippen molar-refractivity contribution in [2.24, 2.45) is 0 Å². The fourth-order valence-corrected chi connectivity index (χ4v) is 1.61. The first-order valence-corrected chi connectivity index (χ1v) is 6.93. The van der Waals surface area contributed by atoms with E-state index in [1.807, 2.05) is 19.1 Å². The summed E-state index contributed by atoms with van der Waals surface area (Å²) in [7, 11) is 0. The molecule has 0 aromatic heterocycles. The lowest BCUT2D eigenvalue weighted by Crippen LogP contribution is -2.15. The van der Waals surface area contributed by atoms with Gasteiger partial charge in [-0.2, -0.15) is 0 Å². The Balaban J connectivity index is 2.54. The lowest BCUT2D eigenvalue weighted by molar-refractivity contribution is -0.130. The molecule has 0 amide bonds. The third-order valence-corrected chi connectivity index (χ3v) is 2.84. The van der Waals surface area contributed by atoms with Crippen molar-refractivity contribution < 1.29 is 14.3 Å². The number of ether oxygens (including phenoxy) is 2. The molecular formula is C18H24O3. The van der Waals surface area contributed by atoms with Crippen LogP contribution in [-0.2, 0) is 14.9 Å². The molecule has 0 aliphatic carbocycles. The normalized spacial score (nSPS) is 11.0. The van der Waals surface area contributed by atoms with E-state index in [-0.39, 0.29) is 17.6 Å². The van der Waals surface area contributed by atoms with Gasteiger partial charge < -0.3 is 9.47 Å². The summed E-state index contributed by atoms with van der Waals surface area (Å²) in [6.45, 7) is 16.2. The van der Waals surface area contributed by atoms with Crippen molar-refractivity contribution >= 4 is 5.97 Å². The van der Waals surface area contributed by atoms with Crippen LogP contribution in [0.4, 0.5) is 0 Å². The second kappa shape index (κ2) is 7.23. The van der Waals surface area contributed by atoms with E-state index < -0.39 is 5.97 Å². The minimum absolute atomic E-state index is 0.0719. The molecule has 0 heterocycles. The Kier molecular flexibility index (Phi) is 5.91. The third-order valence-electron chi connectivity index (χ3n) is 2.84. The Bertz CT molecular complexity index is 518. The Morgan fingerprint density at radius 2 is 1.67 bits per heavy atom. The van der Waals surface area contributed by atoms with Crippen LogP contribution < -0.4 is 4.74 Å². The molecule has 0 N–H and O–H groups in total. The molecule has 3 nitrogen and oxygen atoms in total. The number of esters is 1. The van der Waals surface area contributed by atoms with Gasteiger partial charge in [-0.25, -0.2) is 4.79 Å². The molecule has 21 heavy (non-hydrogen) atoms. The van der Waals surface area contributed by atoms with Crippen molar-refractivity contribution in [1.82, 2.24) is 0 Å². The highest BCUT2D eigenvalue weighted by Crippen LogP contribution is 2.24. The second-order valence-corrected chi connectivity index (χ2v) is 6.22. The zero-order chi connectivity index (χ0) is 16.0. The van der Waals surface area contributed by atoms with Crippen molar-refractivity contribution in [3.05, 3.63) is 54.1 Å². The maximum Gasteiger partial charge on any atom is 0.341 e. The minimum Gasteiger partial charge on any atom is -0.423 e. The summed E-state index contributed by atoms with van der Waals surface area (Å²) in [4.78, 5) is 11.8. The third kappa shape index (κ3) is 5.96. The highest BCUT2D eigenvalue weighted by Gasteiger charge is 2.14. The average Bonchev–Trinajstić information content (AvgIpc) is 2.37. The fraction of sp³-hybridized carbons (Fsp3) is 0.389. The lowest BCUT2D eigenvalue weighted by atomic mass is 9.87.